The number of amides is 1. The quantitative estimate of drug-likeness (QED) is 0.392. The number of piperazine rings is 1. The molecule has 186 valence electrons. The van der Waals surface area contributed by atoms with Gasteiger partial charge in [-0.05, 0) is 62.4 Å². The molecule has 1 amide bonds. The number of aromatic nitrogens is 5. The van der Waals surface area contributed by atoms with Gasteiger partial charge in [0.25, 0.3) is 5.91 Å². The normalized spacial score (nSPS) is 14.2. The van der Waals surface area contributed by atoms with Crippen LogP contribution >= 0.6 is 11.6 Å². The van der Waals surface area contributed by atoms with Crippen LogP contribution in [0.25, 0.3) is 16.9 Å². The lowest BCUT2D eigenvalue weighted by Crippen LogP contribution is -2.56. The molecule has 11 heteroatoms. The molecule has 0 atom stereocenters. The molecule has 1 fully saturated rings. The van der Waals surface area contributed by atoms with Crippen LogP contribution in [0.5, 0.6) is 11.5 Å². The average molecular weight is 508 g/mol. The van der Waals surface area contributed by atoms with Gasteiger partial charge in [-0.15, -0.1) is 5.10 Å². The number of methoxy groups -OCH3 is 1. The van der Waals surface area contributed by atoms with E-state index in [1.54, 1.807) is 49.9 Å². The second-order valence-electron chi connectivity index (χ2n) is 8.91. The zero-order valence-electron chi connectivity index (χ0n) is 20.3. The van der Waals surface area contributed by atoms with Gasteiger partial charge in [-0.25, -0.2) is 9.97 Å². The zero-order valence-corrected chi connectivity index (χ0v) is 21.0. The van der Waals surface area contributed by atoms with Gasteiger partial charge >= 0.3 is 0 Å². The maximum absolute atomic E-state index is 13.2. The summed E-state index contributed by atoms with van der Waals surface area (Å²) in [6.07, 6.45) is 1.52. The summed E-state index contributed by atoms with van der Waals surface area (Å²) in [7, 11) is 1.63. The first kappa shape index (κ1) is 23.8. The van der Waals surface area contributed by atoms with Crippen LogP contribution < -0.4 is 14.4 Å². The molecule has 4 aromatic rings. The number of carbonyl (C=O) groups excluding carboxylic acids is 1. The van der Waals surface area contributed by atoms with Crippen LogP contribution in [-0.4, -0.2) is 74.7 Å². The fourth-order valence-corrected chi connectivity index (χ4v) is 4.33. The summed E-state index contributed by atoms with van der Waals surface area (Å²) in [6.45, 7) is 5.83. The van der Waals surface area contributed by atoms with Crippen LogP contribution in [0.2, 0.25) is 5.02 Å². The van der Waals surface area contributed by atoms with E-state index in [2.05, 4.69) is 25.2 Å². The molecule has 1 saturated heterocycles. The number of rotatable bonds is 6. The first-order valence-electron chi connectivity index (χ1n) is 11.6. The Balaban J connectivity index is 1.29. The molecule has 0 bridgehead atoms. The third-order valence-electron chi connectivity index (χ3n) is 6.10. The van der Waals surface area contributed by atoms with Crippen molar-refractivity contribution in [3.63, 3.8) is 0 Å². The van der Waals surface area contributed by atoms with E-state index in [4.69, 9.17) is 21.1 Å². The number of ether oxygens (including phenoxy) is 2. The maximum Gasteiger partial charge on any atom is 0.266 e. The number of halogens is 1. The van der Waals surface area contributed by atoms with Crippen molar-refractivity contribution in [2.45, 2.75) is 19.4 Å². The summed E-state index contributed by atoms with van der Waals surface area (Å²) < 4.78 is 12.9. The first-order chi connectivity index (χ1) is 17.4. The molecular formula is C25H26ClN7O3. The van der Waals surface area contributed by atoms with Gasteiger partial charge in [0.15, 0.2) is 22.6 Å². The monoisotopic (exact) mass is 507 g/mol. The summed E-state index contributed by atoms with van der Waals surface area (Å²) in [5.41, 5.74) is 1.03. The third kappa shape index (κ3) is 4.64. The number of carbonyl (C=O) groups is 1. The van der Waals surface area contributed by atoms with Gasteiger partial charge in [0.05, 0.1) is 12.8 Å². The zero-order chi connectivity index (χ0) is 25.3. The minimum atomic E-state index is -1.01. The van der Waals surface area contributed by atoms with E-state index in [0.29, 0.717) is 53.9 Å². The van der Waals surface area contributed by atoms with Gasteiger partial charge in [-0.2, -0.15) is 4.68 Å². The van der Waals surface area contributed by atoms with Crippen molar-refractivity contribution < 1.29 is 14.3 Å². The highest BCUT2D eigenvalue weighted by Gasteiger charge is 2.36. The minimum absolute atomic E-state index is 0.0737. The van der Waals surface area contributed by atoms with Gasteiger partial charge in [-0.3, -0.25) is 4.79 Å². The summed E-state index contributed by atoms with van der Waals surface area (Å²) in [4.78, 5) is 26.1. The van der Waals surface area contributed by atoms with Crippen molar-refractivity contribution in [2.24, 2.45) is 0 Å². The smallest absolute Gasteiger partial charge is 0.266 e. The first-order valence-corrected chi connectivity index (χ1v) is 11.9. The number of anilines is 1. The third-order valence-corrected chi connectivity index (χ3v) is 6.36. The molecule has 2 aromatic carbocycles. The van der Waals surface area contributed by atoms with Gasteiger partial charge in [0.1, 0.15) is 17.8 Å². The number of benzene rings is 2. The highest BCUT2D eigenvalue weighted by molar-refractivity contribution is 6.30. The lowest BCUT2D eigenvalue weighted by Gasteiger charge is -2.38. The van der Waals surface area contributed by atoms with Crippen LogP contribution in [0.1, 0.15) is 13.8 Å². The molecule has 0 unspecified atom stereocenters. The summed E-state index contributed by atoms with van der Waals surface area (Å²) in [5.74, 6) is 1.98. The summed E-state index contributed by atoms with van der Waals surface area (Å²) in [5, 5.41) is 9.29. The van der Waals surface area contributed by atoms with Crippen LogP contribution in [0.3, 0.4) is 0 Å². The molecule has 10 nitrogen and oxygen atoms in total. The molecule has 3 heterocycles. The second-order valence-corrected chi connectivity index (χ2v) is 9.35. The lowest BCUT2D eigenvalue weighted by atomic mass is 10.1. The van der Waals surface area contributed by atoms with Gasteiger partial charge < -0.3 is 19.3 Å². The molecule has 1 aliphatic rings. The number of hydrogen-bond donors (Lipinski definition) is 0. The van der Waals surface area contributed by atoms with E-state index in [-0.39, 0.29) is 5.91 Å². The van der Waals surface area contributed by atoms with E-state index in [9.17, 15) is 4.79 Å². The Labute approximate surface area is 213 Å². The SMILES string of the molecule is COc1ccc(-n2nnc3c(N4CCN(C(=O)C(C)(C)Oc5ccc(Cl)cc5)CC4)ncnc32)cc1. The Hall–Kier alpha value is -3.92. The van der Waals surface area contributed by atoms with Crippen LogP contribution in [-0.2, 0) is 4.79 Å². The topological polar surface area (TPSA) is 98.5 Å². The van der Waals surface area contributed by atoms with E-state index >= 15 is 0 Å². The molecule has 5 rings (SSSR count). The van der Waals surface area contributed by atoms with E-state index in [0.717, 1.165) is 11.4 Å². The lowest BCUT2D eigenvalue weighted by molar-refractivity contribution is -0.145. The van der Waals surface area contributed by atoms with Crippen molar-refractivity contribution in [2.75, 3.05) is 38.2 Å². The van der Waals surface area contributed by atoms with Gasteiger partial charge in [0.2, 0.25) is 0 Å². The molecule has 0 radical (unpaired) electrons. The van der Waals surface area contributed by atoms with Crippen LogP contribution in [0, 0.1) is 0 Å². The molecule has 1 aliphatic heterocycles. The van der Waals surface area contributed by atoms with Crippen molar-refractivity contribution in [3.8, 4) is 17.2 Å². The van der Waals surface area contributed by atoms with Crippen molar-refractivity contribution in [3.05, 3.63) is 59.9 Å². The number of hydrogen-bond acceptors (Lipinski definition) is 8. The Morgan fingerprint density at radius 3 is 2.28 bits per heavy atom. The molecule has 36 heavy (non-hydrogen) atoms. The maximum atomic E-state index is 13.2. The van der Waals surface area contributed by atoms with E-state index in [1.165, 1.54) is 6.33 Å². The Morgan fingerprint density at radius 1 is 0.944 bits per heavy atom. The molecule has 0 aliphatic carbocycles. The Morgan fingerprint density at radius 2 is 1.61 bits per heavy atom. The van der Waals surface area contributed by atoms with Crippen molar-refractivity contribution in [1.29, 1.82) is 0 Å². The fraction of sp³-hybridized carbons (Fsp3) is 0.320. The second kappa shape index (κ2) is 9.62. The predicted molar refractivity (Wildman–Crippen MR) is 136 cm³/mol. The molecule has 0 N–H and O–H groups in total. The largest absolute Gasteiger partial charge is 0.497 e. The molecule has 0 saturated carbocycles. The van der Waals surface area contributed by atoms with Gasteiger partial charge in [0, 0.05) is 31.2 Å². The van der Waals surface area contributed by atoms with Gasteiger partial charge in [-0.1, -0.05) is 16.8 Å². The summed E-state index contributed by atoms with van der Waals surface area (Å²) >= 11 is 5.95. The molecule has 2 aromatic heterocycles. The number of fused-ring (bicyclic) bond motifs is 1. The highest BCUT2D eigenvalue weighted by atomic mass is 35.5. The Bertz CT molecular complexity index is 1360. The average Bonchev–Trinajstić information content (AvgIpc) is 3.34. The fourth-order valence-electron chi connectivity index (χ4n) is 4.21. The minimum Gasteiger partial charge on any atom is -0.497 e. The Kier molecular flexibility index (Phi) is 6.36. The predicted octanol–water partition coefficient (Wildman–Crippen LogP) is 3.38. The molecule has 0 spiro atoms. The van der Waals surface area contributed by atoms with E-state index < -0.39 is 5.60 Å². The standard InChI is InChI=1S/C25H26ClN7O3/c1-25(2,36-20-8-4-17(26)5-9-20)24(34)32-14-12-31(13-15-32)22-21-23(28-16-27-22)33(30-29-21)18-6-10-19(35-3)11-7-18/h4-11,16H,12-15H2,1-3H3. The van der Waals surface area contributed by atoms with Crippen LogP contribution in [0.15, 0.2) is 54.9 Å². The number of nitrogens with zero attached hydrogens (tertiary/aromatic N) is 7. The highest BCUT2D eigenvalue weighted by Crippen LogP contribution is 2.26. The molecular weight excluding hydrogens is 482 g/mol. The summed E-state index contributed by atoms with van der Waals surface area (Å²) in [6, 6.07) is 14.5. The van der Waals surface area contributed by atoms with Crippen LogP contribution in [0.4, 0.5) is 5.82 Å². The van der Waals surface area contributed by atoms with E-state index in [1.807, 2.05) is 29.2 Å². The van der Waals surface area contributed by atoms with Crippen molar-refractivity contribution >= 4 is 34.5 Å². The van der Waals surface area contributed by atoms with Crippen molar-refractivity contribution in [1.82, 2.24) is 29.9 Å².